The van der Waals surface area contributed by atoms with E-state index < -0.39 is 10.0 Å². The fourth-order valence-corrected chi connectivity index (χ4v) is 3.68. The van der Waals surface area contributed by atoms with E-state index in [0.29, 0.717) is 5.56 Å². The lowest BCUT2D eigenvalue weighted by Gasteiger charge is -2.23. The summed E-state index contributed by atoms with van der Waals surface area (Å²) >= 11 is 0. The van der Waals surface area contributed by atoms with Crippen LogP contribution in [-0.4, -0.2) is 14.3 Å². The largest absolute Gasteiger partial charge is 0.345 e. The van der Waals surface area contributed by atoms with Crippen molar-refractivity contribution in [2.45, 2.75) is 45.1 Å². The molecule has 1 amide bonds. The molecule has 0 fully saturated rings. The Hall–Kier alpha value is -2.18. The molecular formula is C20H26N2O3S. The van der Waals surface area contributed by atoms with Crippen molar-refractivity contribution in [3.63, 3.8) is 0 Å². The van der Waals surface area contributed by atoms with E-state index in [1.807, 2.05) is 26.0 Å². The molecule has 5 nitrogen and oxygen atoms in total. The highest BCUT2D eigenvalue weighted by molar-refractivity contribution is 7.89. The Morgan fingerprint density at radius 1 is 1.12 bits per heavy atom. The molecule has 140 valence electrons. The Labute approximate surface area is 155 Å². The van der Waals surface area contributed by atoms with Gasteiger partial charge in [-0.1, -0.05) is 51.1 Å². The average Bonchev–Trinajstić information content (AvgIpc) is 2.58. The van der Waals surface area contributed by atoms with Gasteiger partial charge in [-0.25, -0.2) is 13.6 Å². The Balaban J connectivity index is 2.30. The van der Waals surface area contributed by atoms with Crippen molar-refractivity contribution in [2.75, 3.05) is 0 Å². The van der Waals surface area contributed by atoms with E-state index in [1.165, 1.54) is 11.6 Å². The summed E-state index contributed by atoms with van der Waals surface area (Å²) < 4.78 is 23.4. The minimum absolute atomic E-state index is 0.0291. The van der Waals surface area contributed by atoms with Crippen LogP contribution >= 0.6 is 0 Å². The highest BCUT2D eigenvalue weighted by Gasteiger charge is 2.21. The molecule has 3 N–H and O–H groups in total. The maximum Gasteiger partial charge on any atom is 0.251 e. The highest BCUT2D eigenvalue weighted by Crippen LogP contribution is 2.23. The van der Waals surface area contributed by atoms with Crippen LogP contribution in [0.1, 0.15) is 53.9 Å². The standard InChI is InChI=1S/C20H26N2O3S/c1-5-15-7-10-16(11-8-15)19(13(2)3)22-20(23)17-9-6-14(4)18(12-17)26(21,24)25/h6-13,19H,5H2,1-4H3,(H,22,23)(H2,21,24,25). The van der Waals surface area contributed by atoms with E-state index in [1.54, 1.807) is 19.1 Å². The first-order valence-electron chi connectivity index (χ1n) is 8.66. The normalized spacial score (nSPS) is 12.8. The number of carbonyl (C=O) groups is 1. The lowest BCUT2D eigenvalue weighted by atomic mass is 9.94. The van der Waals surface area contributed by atoms with Crippen molar-refractivity contribution in [3.05, 3.63) is 64.7 Å². The lowest BCUT2D eigenvalue weighted by Crippen LogP contribution is -2.32. The number of hydrogen-bond acceptors (Lipinski definition) is 3. The fraction of sp³-hybridized carbons (Fsp3) is 0.350. The summed E-state index contributed by atoms with van der Waals surface area (Å²) in [4.78, 5) is 12.7. The fourth-order valence-electron chi connectivity index (χ4n) is 2.87. The summed E-state index contributed by atoms with van der Waals surface area (Å²) in [6, 6.07) is 12.5. The molecule has 26 heavy (non-hydrogen) atoms. The predicted octanol–water partition coefficient (Wildman–Crippen LogP) is 3.33. The Kier molecular flexibility index (Phi) is 6.21. The van der Waals surface area contributed by atoms with E-state index in [9.17, 15) is 13.2 Å². The highest BCUT2D eigenvalue weighted by atomic mass is 32.2. The van der Waals surface area contributed by atoms with Gasteiger partial charge in [-0.15, -0.1) is 0 Å². The van der Waals surface area contributed by atoms with Gasteiger partial charge in [0.25, 0.3) is 5.91 Å². The number of nitrogens with one attached hydrogen (secondary N) is 1. The number of aryl methyl sites for hydroxylation is 2. The van der Waals surface area contributed by atoms with Gasteiger partial charge in [0.05, 0.1) is 10.9 Å². The van der Waals surface area contributed by atoms with Gasteiger partial charge in [-0.05, 0) is 48.1 Å². The van der Waals surface area contributed by atoms with Crippen molar-refractivity contribution in [1.82, 2.24) is 5.32 Å². The quantitative estimate of drug-likeness (QED) is 0.813. The molecule has 1 unspecified atom stereocenters. The molecule has 0 radical (unpaired) electrons. The van der Waals surface area contributed by atoms with Crippen molar-refractivity contribution in [1.29, 1.82) is 0 Å². The summed E-state index contributed by atoms with van der Waals surface area (Å²) in [6.45, 7) is 7.80. The maximum atomic E-state index is 12.7. The van der Waals surface area contributed by atoms with Gasteiger partial charge < -0.3 is 5.32 Å². The Morgan fingerprint density at radius 2 is 1.73 bits per heavy atom. The van der Waals surface area contributed by atoms with Crippen LogP contribution in [0.5, 0.6) is 0 Å². The second kappa shape index (κ2) is 8.01. The number of amides is 1. The van der Waals surface area contributed by atoms with Gasteiger partial charge in [-0.3, -0.25) is 4.79 Å². The van der Waals surface area contributed by atoms with E-state index >= 15 is 0 Å². The Morgan fingerprint density at radius 3 is 2.23 bits per heavy atom. The number of nitrogens with two attached hydrogens (primary N) is 1. The first-order valence-corrected chi connectivity index (χ1v) is 10.2. The first kappa shape index (κ1) is 20.1. The van der Waals surface area contributed by atoms with Crippen LogP contribution in [-0.2, 0) is 16.4 Å². The molecule has 2 aromatic rings. The maximum absolute atomic E-state index is 12.7. The summed E-state index contributed by atoms with van der Waals surface area (Å²) in [5.74, 6) is -0.150. The third-order valence-corrected chi connectivity index (χ3v) is 5.51. The van der Waals surface area contributed by atoms with E-state index in [-0.39, 0.29) is 28.3 Å². The molecule has 0 aliphatic carbocycles. The first-order chi connectivity index (χ1) is 12.1. The predicted molar refractivity (Wildman–Crippen MR) is 103 cm³/mol. The number of sulfonamides is 1. The van der Waals surface area contributed by atoms with Crippen molar-refractivity contribution < 1.29 is 13.2 Å². The molecule has 2 rings (SSSR count). The zero-order chi connectivity index (χ0) is 19.5. The van der Waals surface area contributed by atoms with Gasteiger partial charge in [0.2, 0.25) is 10.0 Å². The zero-order valence-electron chi connectivity index (χ0n) is 15.6. The van der Waals surface area contributed by atoms with E-state index in [0.717, 1.165) is 12.0 Å². The number of hydrogen-bond donors (Lipinski definition) is 2. The van der Waals surface area contributed by atoms with Gasteiger partial charge in [0.15, 0.2) is 0 Å². The number of primary sulfonamides is 1. The molecule has 6 heteroatoms. The van der Waals surface area contributed by atoms with Crippen LogP contribution < -0.4 is 10.5 Å². The van der Waals surface area contributed by atoms with Crippen molar-refractivity contribution in [3.8, 4) is 0 Å². The van der Waals surface area contributed by atoms with Crippen LogP contribution in [0.4, 0.5) is 0 Å². The van der Waals surface area contributed by atoms with Gasteiger partial charge in [0, 0.05) is 5.56 Å². The molecule has 1 atom stereocenters. The van der Waals surface area contributed by atoms with Crippen LogP contribution in [0.25, 0.3) is 0 Å². The second-order valence-corrected chi connectivity index (χ2v) is 8.35. The Bertz CT molecular complexity index is 888. The van der Waals surface area contributed by atoms with Crippen molar-refractivity contribution >= 4 is 15.9 Å². The summed E-state index contributed by atoms with van der Waals surface area (Å²) in [5.41, 5.74) is 3.04. The molecule has 0 aliphatic heterocycles. The SMILES string of the molecule is CCc1ccc(C(NC(=O)c2ccc(C)c(S(N)(=O)=O)c2)C(C)C)cc1. The molecule has 0 aromatic heterocycles. The average molecular weight is 375 g/mol. The third kappa shape index (κ3) is 4.71. The van der Waals surface area contributed by atoms with Gasteiger partial charge >= 0.3 is 0 Å². The van der Waals surface area contributed by atoms with E-state index in [2.05, 4.69) is 24.4 Å². The topological polar surface area (TPSA) is 89.3 Å². The van der Waals surface area contributed by atoms with Gasteiger partial charge in [0.1, 0.15) is 0 Å². The molecule has 0 saturated carbocycles. The smallest absolute Gasteiger partial charge is 0.251 e. The molecule has 0 spiro atoms. The molecule has 0 aliphatic rings. The monoisotopic (exact) mass is 374 g/mol. The summed E-state index contributed by atoms with van der Waals surface area (Å²) in [5, 5.41) is 8.25. The molecule has 0 bridgehead atoms. The minimum Gasteiger partial charge on any atom is -0.345 e. The molecular weight excluding hydrogens is 348 g/mol. The third-order valence-electron chi connectivity index (χ3n) is 4.46. The zero-order valence-corrected chi connectivity index (χ0v) is 16.4. The van der Waals surface area contributed by atoms with Gasteiger partial charge in [-0.2, -0.15) is 0 Å². The number of benzene rings is 2. The number of rotatable bonds is 6. The molecule has 0 saturated heterocycles. The van der Waals surface area contributed by atoms with Crippen LogP contribution in [0.2, 0.25) is 0 Å². The molecule has 2 aromatic carbocycles. The summed E-state index contributed by atoms with van der Waals surface area (Å²) in [7, 11) is -3.87. The van der Waals surface area contributed by atoms with E-state index in [4.69, 9.17) is 5.14 Å². The van der Waals surface area contributed by atoms with Crippen LogP contribution in [0, 0.1) is 12.8 Å². The summed E-state index contributed by atoms with van der Waals surface area (Å²) in [6.07, 6.45) is 0.957. The molecule has 0 heterocycles. The second-order valence-electron chi connectivity index (χ2n) is 6.82. The van der Waals surface area contributed by atoms with Crippen LogP contribution in [0.15, 0.2) is 47.4 Å². The minimum atomic E-state index is -3.87. The van der Waals surface area contributed by atoms with Crippen LogP contribution in [0.3, 0.4) is 0 Å². The number of carbonyl (C=O) groups excluding carboxylic acids is 1. The lowest BCUT2D eigenvalue weighted by molar-refractivity contribution is 0.0925. The van der Waals surface area contributed by atoms with Crippen molar-refractivity contribution in [2.24, 2.45) is 11.1 Å².